The molecule has 1 aromatic heterocycles. The average molecular weight is 249 g/mol. The zero-order valence-electron chi connectivity index (χ0n) is 11.3. The summed E-state index contributed by atoms with van der Waals surface area (Å²) in [7, 11) is 0. The summed E-state index contributed by atoms with van der Waals surface area (Å²) in [4.78, 5) is 0. The third-order valence-corrected chi connectivity index (χ3v) is 3.46. The number of hydrogen-bond acceptors (Lipinski definition) is 2. The summed E-state index contributed by atoms with van der Waals surface area (Å²) < 4.78 is 5.81. The third kappa shape index (κ3) is 1.88. The van der Waals surface area contributed by atoms with Gasteiger partial charge in [-0.3, -0.25) is 0 Å². The maximum atomic E-state index is 9.01. The first kappa shape index (κ1) is 11.8. The highest BCUT2D eigenvalue weighted by atomic mass is 16.3. The number of hydrogen-bond donors (Lipinski definition) is 0. The molecular weight excluding hydrogens is 234 g/mol. The fourth-order valence-electron chi connectivity index (χ4n) is 2.31. The lowest BCUT2D eigenvalue weighted by molar-refractivity contribution is 0.590. The monoisotopic (exact) mass is 249 g/mol. The lowest BCUT2D eigenvalue weighted by Crippen LogP contribution is -2.10. The average Bonchev–Trinajstić information content (AvgIpc) is 2.74. The fourth-order valence-corrected chi connectivity index (χ4v) is 2.31. The van der Waals surface area contributed by atoms with Crippen LogP contribution in [-0.4, -0.2) is 0 Å². The number of benzene rings is 2. The molecule has 0 aliphatic carbocycles. The smallest absolute Gasteiger partial charge is 0.135 e. The zero-order chi connectivity index (χ0) is 13.6. The quantitative estimate of drug-likeness (QED) is 0.576. The van der Waals surface area contributed by atoms with E-state index in [1.165, 1.54) is 5.56 Å². The molecule has 0 radical (unpaired) electrons. The van der Waals surface area contributed by atoms with Gasteiger partial charge in [0.2, 0.25) is 0 Å². The van der Waals surface area contributed by atoms with Gasteiger partial charge in [0, 0.05) is 10.8 Å². The summed E-state index contributed by atoms with van der Waals surface area (Å²) in [6.45, 7) is 6.57. The van der Waals surface area contributed by atoms with Gasteiger partial charge in [-0.05, 0) is 41.3 Å². The molecule has 0 N–H and O–H groups in total. The molecule has 0 fully saturated rings. The molecule has 3 rings (SSSR count). The number of fused-ring (bicyclic) bond motifs is 3. The van der Waals surface area contributed by atoms with Crippen molar-refractivity contribution in [1.29, 1.82) is 5.26 Å². The summed E-state index contributed by atoms with van der Waals surface area (Å²) >= 11 is 0. The number of nitriles is 1. The van der Waals surface area contributed by atoms with Crippen molar-refractivity contribution in [2.75, 3.05) is 0 Å². The van der Waals surface area contributed by atoms with Gasteiger partial charge >= 0.3 is 0 Å². The normalized spacial score (nSPS) is 11.9. The molecule has 0 aliphatic heterocycles. The number of rotatable bonds is 0. The molecule has 3 aromatic rings. The molecule has 94 valence electrons. The van der Waals surface area contributed by atoms with E-state index in [1.54, 1.807) is 6.07 Å². The Morgan fingerprint density at radius 3 is 2.21 bits per heavy atom. The zero-order valence-corrected chi connectivity index (χ0v) is 11.3. The first-order valence-electron chi connectivity index (χ1n) is 6.36. The second kappa shape index (κ2) is 3.86. The second-order valence-electron chi connectivity index (χ2n) is 5.89. The molecule has 0 spiro atoms. The van der Waals surface area contributed by atoms with E-state index in [1.807, 2.05) is 18.2 Å². The number of nitrogens with zero attached hydrogens (tertiary/aromatic N) is 1. The Hall–Kier alpha value is -2.27. The summed E-state index contributed by atoms with van der Waals surface area (Å²) in [5, 5.41) is 11.1. The van der Waals surface area contributed by atoms with E-state index >= 15 is 0 Å². The van der Waals surface area contributed by atoms with Gasteiger partial charge < -0.3 is 4.42 Å². The van der Waals surface area contributed by atoms with Crippen molar-refractivity contribution in [2.45, 2.75) is 26.2 Å². The van der Waals surface area contributed by atoms with E-state index in [4.69, 9.17) is 9.68 Å². The third-order valence-electron chi connectivity index (χ3n) is 3.46. The topological polar surface area (TPSA) is 36.9 Å². The Labute approximate surface area is 112 Å². The molecule has 1 heterocycles. The molecule has 19 heavy (non-hydrogen) atoms. The van der Waals surface area contributed by atoms with Crippen LogP contribution < -0.4 is 0 Å². The molecule has 0 bridgehead atoms. The minimum atomic E-state index is 0.102. The van der Waals surface area contributed by atoms with Crippen LogP contribution in [-0.2, 0) is 5.41 Å². The predicted molar refractivity (Wildman–Crippen MR) is 77.1 cm³/mol. The van der Waals surface area contributed by atoms with Crippen LogP contribution in [0.5, 0.6) is 0 Å². The van der Waals surface area contributed by atoms with Crippen LogP contribution in [0.25, 0.3) is 21.9 Å². The van der Waals surface area contributed by atoms with Gasteiger partial charge in [-0.15, -0.1) is 0 Å². The van der Waals surface area contributed by atoms with Crippen LogP contribution in [0.1, 0.15) is 31.9 Å². The first-order valence-corrected chi connectivity index (χ1v) is 6.36. The molecular formula is C17H15NO. The van der Waals surface area contributed by atoms with E-state index < -0.39 is 0 Å². The lowest BCUT2D eigenvalue weighted by atomic mass is 9.86. The Balaban J connectivity index is 2.37. The molecule has 2 nitrogen and oxygen atoms in total. The predicted octanol–water partition coefficient (Wildman–Crippen LogP) is 4.76. The molecule has 2 heteroatoms. The minimum absolute atomic E-state index is 0.102. The van der Waals surface area contributed by atoms with Crippen LogP contribution in [0.4, 0.5) is 0 Å². The van der Waals surface area contributed by atoms with Gasteiger partial charge in [-0.1, -0.05) is 26.8 Å². The highest BCUT2D eigenvalue weighted by molar-refractivity contribution is 6.05. The second-order valence-corrected chi connectivity index (χ2v) is 5.89. The van der Waals surface area contributed by atoms with Gasteiger partial charge in [0.15, 0.2) is 0 Å². The largest absolute Gasteiger partial charge is 0.456 e. The van der Waals surface area contributed by atoms with Crippen LogP contribution in [0.15, 0.2) is 40.8 Å². The number of furan rings is 1. The van der Waals surface area contributed by atoms with Crippen molar-refractivity contribution in [3.8, 4) is 6.07 Å². The standard InChI is InChI=1S/C17H15NO/c1-17(2,3)12-5-7-16-14(9-12)13-8-11(10-18)4-6-15(13)19-16/h4-9H,1-3H3. The Morgan fingerprint density at radius 1 is 0.947 bits per heavy atom. The van der Waals surface area contributed by atoms with Crippen molar-refractivity contribution >= 4 is 21.9 Å². The molecule has 0 saturated heterocycles. The summed E-state index contributed by atoms with van der Waals surface area (Å²) in [5.41, 5.74) is 3.74. The van der Waals surface area contributed by atoms with Gasteiger partial charge in [0.25, 0.3) is 0 Å². The fraction of sp³-hybridized carbons (Fsp3) is 0.235. The van der Waals surface area contributed by atoms with Gasteiger partial charge in [0.05, 0.1) is 11.6 Å². The Morgan fingerprint density at radius 2 is 1.58 bits per heavy atom. The summed E-state index contributed by atoms with van der Waals surface area (Å²) in [6, 6.07) is 14.0. The maximum absolute atomic E-state index is 9.01. The van der Waals surface area contributed by atoms with Crippen molar-refractivity contribution in [3.05, 3.63) is 47.5 Å². The van der Waals surface area contributed by atoms with Crippen LogP contribution in [0, 0.1) is 11.3 Å². The Kier molecular flexibility index (Phi) is 2.40. The van der Waals surface area contributed by atoms with Crippen molar-refractivity contribution in [2.24, 2.45) is 0 Å². The van der Waals surface area contributed by atoms with E-state index in [9.17, 15) is 0 Å². The van der Waals surface area contributed by atoms with E-state index in [2.05, 4.69) is 39.0 Å². The van der Waals surface area contributed by atoms with Gasteiger partial charge in [-0.25, -0.2) is 0 Å². The van der Waals surface area contributed by atoms with Crippen LogP contribution in [0.3, 0.4) is 0 Å². The first-order chi connectivity index (χ1) is 8.99. The van der Waals surface area contributed by atoms with Crippen LogP contribution in [0.2, 0.25) is 0 Å². The minimum Gasteiger partial charge on any atom is -0.456 e. The van der Waals surface area contributed by atoms with Crippen LogP contribution >= 0.6 is 0 Å². The maximum Gasteiger partial charge on any atom is 0.135 e. The van der Waals surface area contributed by atoms with E-state index in [0.717, 1.165) is 21.9 Å². The van der Waals surface area contributed by atoms with Gasteiger partial charge in [0.1, 0.15) is 11.2 Å². The molecule has 0 amide bonds. The van der Waals surface area contributed by atoms with Gasteiger partial charge in [-0.2, -0.15) is 5.26 Å². The molecule has 0 aliphatic rings. The van der Waals surface area contributed by atoms with E-state index in [-0.39, 0.29) is 5.41 Å². The molecule has 2 aromatic carbocycles. The summed E-state index contributed by atoms with van der Waals surface area (Å²) in [6.07, 6.45) is 0. The van der Waals surface area contributed by atoms with Crippen molar-refractivity contribution in [1.82, 2.24) is 0 Å². The SMILES string of the molecule is CC(C)(C)c1ccc2oc3ccc(C#N)cc3c2c1. The molecule has 0 saturated carbocycles. The van der Waals surface area contributed by atoms with Crippen molar-refractivity contribution < 1.29 is 4.42 Å². The molecule has 0 unspecified atom stereocenters. The lowest BCUT2D eigenvalue weighted by Gasteiger charge is -2.18. The highest BCUT2D eigenvalue weighted by Crippen LogP contribution is 2.33. The van der Waals surface area contributed by atoms with E-state index in [0.29, 0.717) is 5.56 Å². The Bertz CT molecular complexity index is 813. The summed E-state index contributed by atoms with van der Waals surface area (Å²) in [5.74, 6) is 0. The highest BCUT2D eigenvalue weighted by Gasteiger charge is 2.16. The van der Waals surface area contributed by atoms with Crippen molar-refractivity contribution in [3.63, 3.8) is 0 Å². The molecule has 0 atom stereocenters.